The number of hydrogen-bond acceptors (Lipinski definition) is 5. The molecule has 0 aromatic carbocycles. The molecular weight excluding hydrogens is 292 g/mol. The summed E-state index contributed by atoms with van der Waals surface area (Å²) in [6.45, 7) is 11.9. The summed E-state index contributed by atoms with van der Waals surface area (Å²) in [6, 6.07) is 0. The van der Waals surface area contributed by atoms with Gasteiger partial charge < -0.3 is 16.0 Å². The summed E-state index contributed by atoms with van der Waals surface area (Å²) in [6.07, 6.45) is 6.53. The molecule has 0 unspecified atom stereocenters. The van der Waals surface area contributed by atoms with Crippen LogP contribution in [0.25, 0.3) is 0 Å². The van der Waals surface area contributed by atoms with Crippen molar-refractivity contribution in [2.45, 2.75) is 27.2 Å². The molecule has 22 heavy (non-hydrogen) atoms. The Labute approximate surface area is 138 Å². The minimum atomic E-state index is 0.524. The summed E-state index contributed by atoms with van der Waals surface area (Å²) in [4.78, 5) is 7.70. The Balaban J connectivity index is 3.16. The molecule has 120 valence electrons. The molecule has 0 aromatic heterocycles. The van der Waals surface area contributed by atoms with Crippen LogP contribution in [0, 0.1) is 5.41 Å². The second-order valence-electron chi connectivity index (χ2n) is 4.78. The molecule has 0 saturated heterocycles. The molecule has 0 bridgehead atoms. The van der Waals surface area contributed by atoms with Gasteiger partial charge in [-0.1, -0.05) is 37.4 Å². The average Bonchev–Trinajstić information content (AvgIpc) is 2.52. The molecule has 4 nitrogen and oxygen atoms in total. The third kappa shape index (κ3) is 4.45. The van der Waals surface area contributed by atoms with Gasteiger partial charge in [-0.3, -0.25) is 4.99 Å². The molecule has 0 fully saturated rings. The fourth-order valence-corrected chi connectivity index (χ4v) is 2.93. The lowest BCUT2D eigenvalue weighted by molar-refractivity contribution is 0.492. The van der Waals surface area contributed by atoms with E-state index in [1.54, 1.807) is 11.8 Å². The van der Waals surface area contributed by atoms with Crippen molar-refractivity contribution in [2.75, 3.05) is 19.6 Å². The van der Waals surface area contributed by atoms with E-state index in [0.717, 1.165) is 28.4 Å². The third-order valence-corrected chi connectivity index (χ3v) is 4.13. The molecule has 0 aliphatic carbocycles. The van der Waals surface area contributed by atoms with Crippen LogP contribution in [0.3, 0.4) is 0 Å². The maximum atomic E-state index is 8.21. The number of nitrogens with zero attached hydrogens (tertiary/aromatic N) is 2. The van der Waals surface area contributed by atoms with Gasteiger partial charge >= 0.3 is 0 Å². The molecule has 3 N–H and O–H groups in total. The maximum absolute atomic E-state index is 8.21. The molecule has 0 aromatic rings. The number of nitrogens with two attached hydrogens (primary N) is 1. The molecule has 1 aliphatic rings. The van der Waals surface area contributed by atoms with Crippen molar-refractivity contribution in [2.24, 2.45) is 10.7 Å². The van der Waals surface area contributed by atoms with Crippen LogP contribution < -0.4 is 5.73 Å². The van der Waals surface area contributed by atoms with Gasteiger partial charge in [-0.15, -0.1) is 0 Å². The molecule has 0 saturated carbocycles. The van der Waals surface area contributed by atoms with Gasteiger partial charge in [0.25, 0.3) is 0 Å². The number of allylic oxidation sites excluding steroid dienone is 4. The topological polar surface area (TPSA) is 65.5 Å². The Morgan fingerprint density at radius 2 is 2.18 bits per heavy atom. The largest absolute Gasteiger partial charge is 0.329 e. The third-order valence-electron chi connectivity index (χ3n) is 3.26. The second kappa shape index (κ2) is 9.43. The van der Waals surface area contributed by atoms with Gasteiger partial charge in [-0.25, -0.2) is 0 Å². The predicted molar refractivity (Wildman–Crippen MR) is 99.5 cm³/mol. The zero-order valence-corrected chi connectivity index (χ0v) is 14.5. The molecule has 0 spiro atoms. The highest BCUT2D eigenvalue weighted by atomic mass is 32.2. The van der Waals surface area contributed by atoms with E-state index in [4.69, 9.17) is 11.1 Å². The van der Waals surface area contributed by atoms with Crippen LogP contribution in [0.2, 0.25) is 0 Å². The Bertz CT molecular complexity index is 541. The second-order valence-corrected chi connectivity index (χ2v) is 5.78. The van der Waals surface area contributed by atoms with Crippen LogP contribution in [0.5, 0.6) is 0 Å². The van der Waals surface area contributed by atoms with Crippen LogP contribution in [-0.4, -0.2) is 36.1 Å². The van der Waals surface area contributed by atoms with E-state index in [1.165, 1.54) is 0 Å². The highest BCUT2D eigenvalue weighted by Crippen LogP contribution is 2.28. The molecule has 0 radical (unpaired) electrons. The molecule has 0 amide bonds. The molecule has 1 heterocycles. The predicted octanol–water partition coefficient (Wildman–Crippen LogP) is 3.70. The molecule has 5 heteroatoms. The van der Waals surface area contributed by atoms with E-state index in [2.05, 4.69) is 23.4 Å². The number of hydrogen-bond donors (Lipinski definition) is 2. The number of aliphatic imine (C=N–C) groups is 1. The van der Waals surface area contributed by atoms with Crippen molar-refractivity contribution in [3.05, 3.63) is 46.4 Å². The quantitative estimate of drug-likeness (QED) is 0.671. The number of nitrogens with one attached hydrogen (secondary N) is 1. The summed E-state index contributed by atoms with van der Waals surface area (Å²) in [7, 11) is 0. The molecule has 1 aliphatic heterocycles. The van der Waals surface area contributed by atoms with Gasteiger partial charge in [-0.2, -0.15) is 0 Å². The van der Waals surface area contributed by atoms with Crippen molar-refractivity contribution in [1.29, 1.82) is 5.41 Å². The minimum absolute atomic E-state index is 0.524. The first kappa shape index (κ1) is 18.5. The van der Waals surface area contributed by atoms with Crippen molar-refractivity contribution >= 4 is 23.3 Å². The van der Waals surface area contributed by atoms with Gasteiger partial charge in [0.15, 0.2) is 0 Å². The zero-order chi connectivity index (χ0) is 16.5. The summed E-state index contributed by atoms with van der Waals surface area (Å²) in [5.74, 6) is 0.877. The van der Waals surface area contributed by atoms with E-state index < -0.39 is 0 Å². The Hall–Kier alpha value is -1.59. The van der Waals surface area contributed by atoms with Crippen molar-refractivity contribution < 1.29 is 0 Å². The zero-order valence-electron chi connectivity index (χ0n) is 13.7. The SMILES string of the molecule is C=C(S/C=C\C)C1=NCC(C(=N)/C=C\C)=C(CC)N1CCN. The number of amidine groups is 1. The highest BCUT2D eigenvalue weighted by Gasteiger charge is 2.25. The van der Waals surface area contributed by atoms with Crippen LogP contribution in [0.15, 0.2) is 51.4 Å². The standard InChI is InChI=1S/C17H26N4S/c1-5-8-15(19)14-12-20-17(13(4)22-11-6-2)21(10-9-18)16(14)7-3/h5-6,8,11,19H,4,7,9-10,12,18H2,1-3H3/b8-5-,11-6-,19-15?. The van der Waals surface area contributed by atoms with Crippen LogP contribution in [-0.2, 0) is 0 Å². The van der Waals surface area contributed by atoms with Crippen LogP contribution in [0.4, 0.5) is 0 Å². The first-order valence-corrected chi connectivity index (χ1v) is 8.41. The summed E-state index contributed by atoms with van der Waals surface area (Å²) in [5.41, 5.74) is 8.41. The van der Waals surface area contributed by atoms with Gasteiger partial charge in [0, 0.05) is 29.3 Å². The van der Waals surface area contributed by atoms with Crippen molar-refractivity contribution in [3.8, 4) is 0 Å². The van der Waals surface area contributed by atoms with E-state index in [1.807, 2.05) is 37.5 Å². The van der Waals surface area contributed by atoms with Gasteiger partial charge in [-0.05, 0) is 31.8 Å². The first-order valence-electron chi connectivity index (χ1n) is 7.53. The fourth-order valence-electron chi connectivity index (χ4n) is 2.34. The van der Waals surface area contributed by atoms with Crippen molar-refractivity contribution in [1.82, 2.24) is 4.90 Å². The van der Waals surface area contributed by atoms with Crippen LogP contribution >= 0.6 is 11.8 Å². The molecule has 1 rings (SSSR count). The van der Waals surface area contributed by atoms with Gasteiger partial charge in [0.2, 0.25) is 0 Å². The molecular formula is C17H26N4S. The smallest absolute Gasteiger partial charge is 0.141 e. The lowest BCUT2D eigenvalue weighted by Crippen LogP contribution is -2.39. The number of rotatable bonds is 8. The average molecular weight is 318 g/mol. The van der Waals surface area contributed by atoms with Crippen molar-refractivity contribution in [3.63, 3.8) is 0 Å². The summed E-state index contributed by atoms with van der Waals surface area (Å²) >= 11 is 1.57. The van der Waals surface area contributed by atoms with E-state index in [9.17, 15) is 0 Å². The normalized spacial score (nSPS) is 15.8. The van der Waals surface area contributed by atoms with E-state index in [0.29, 0.717) is 25.3 Å². The lowest BCUT2D eigenvalue weighted by atomic mass is 10.0. The summed E-state index contributed by atoms with van der Waals surface area (Å²) in [5, 5.41) is 10.2. The van der Waals surface area contributed by atoms with E-state index >= 15 is 0 Å². The van der Waals surface area contributed by atoms with E-state index in [-0.39, 0.29) is 0 Å². The first-order chi connectivity index (χ1) is 10.6. The molecule has 0 atom stereocenters. The Morgan fingerprint density at radius 1 is 1.45 bits per heavy atom. The Kier molecular flexibility index (Phi) is 7.91. The maximum Gasteiger partial charge on any atom is 0.141 e. The number of thioether (sulfide) groups is 1. The van der Waals surface area contributed by atoms with Gasteiger partial charge in [0.05, 0.1) is 12.3 Å². The summed E-state index contributed by atoms with van der Waals surface area (Å²) < 4.78 is 0. The lowest BCUT2D eigenvalue weighted by Gasteiger charge is -2.33. The monoisotopic (exact) mass is 318 g/mol. The van der Waals surface area contributed by atoms with Crippen LogP contribution in [0.1, 0.15) is 27.2 Å². The van der Waals surface area contributed by atoms with Gasteiger partial charge in [0.1, 0.15) is 5.84 Å². The highest BCUT2D eigenvalue weighted by molar-refractivity contribution is 8.06. The Morgan fingerprint density at radius 3 is 2.73 bits per heavy atom. The fraction of sp³-hybridized carbons (Fsp3) is 0.412. The minimum Gasteiger partial charge on any atom is -0.329 e.